The fourth-order valence-corrected chi connectivity index (χ4v) is 3.22. The smallest absolute Gasteiger partial charge is 0.00146 e. The van der Waals surface area contributed by atoms with E-state index in [4.69, 9.17) is 0 Å². The Morgan fingerprint density at radius 2 is 1.94 bits per heavy atom. The van der Waals surface area contributed by atoms with Crippen LogP contribution in [0.25, 0.3) is 0 Å². The topological polar surface area (TPSA) is 12.0 Å². The molecule has 1 nitrogen and oxygen atoms in total. The molecule has 100 valence electrons. The second-order valence-electron chi connectivity index (χ2n) is 6.08. The molecule has 1 aromatic carbocycles. The first-order chi connectivity index (χ1) is 8.70. The van der Waals surface area contributed by atoms with Crippen LogP contribution in [0.4, 0.5) is 0 Å². The third-order valence-corrected chi connectivity index (χ3v) is 4.20. The molecule has 1 aliphatic rings. The largest absolute Gasteiger partial charge is 0.316 e. The van der Waals surface area contributed by atoms with Crippen molar-refractivity contribution in [2.24, 2.45) is 11.8 Å². The fraction of sp³-hybridized carbons (Fsp3) is 0.647. The molecule has 0 spiro atoms. The Hall–Kier alpha value is -0.820. The molecule has 1 heterocycles. The summed E-state index contributed by atoms with van der Waals surface area (Å²) in [6, 6.07) is 9.35. The minimum absolute atomic E-state index is 0.763. The molecule has 2 atom stereocenters. The van der Waals surface area contributed by atoms with Crippen molar-refractivity contribution in [3.8, 4) is 0 Å². The molecule has 1 saturated heterocycles. The van der Waals surface area contributed by atoms with Gasteiger partial charge in [0.05, 0.1) is 0 Å². The van der Waals surface area contributed by atoms with Gasteiger partial charge >= 0.3 is 0 Å². The van der Waals surface area contributed by atoms with Gasteiger partial charge in [0.1, 0.15) is 0 Å². The van der Waals surface area contributed by atoms with E-state index in [0.717, 1.165) is 24.2 Å². The summed E-state index contributed by atoms with van der Waals surface area (Å²) in [6.07, 6.45) is 3.78. The van der Waals surface area contributed by atoms with Crippen molar-refractivity contribution in [2.75, 3.05) is 13.1 Å². The van der Waals surface area contributed by atoms with Crippen molar-refractivity contribution in [3.05, 3.63) is 35.4 Å². The highest BCUT2D eigenvalue weighted by molar-refractivity contribution is 5.26. The van der Waals surface area contributed by atoms with Gasteiger partial charge in [-0.15, -0.1) is 0 Å². The fourth-order valence-electron chi connectivity index (χ4n) is 3.22. The van der Waals surface area contributed by atoms with Crippen LogP contribution < -0.4 is 5.32 Å². The highest BCUT2D eigenvalue weighted by Gasteiger charge is 2.26. The van der Waals surface area contributed by atoms with E-state index >= 15 is 0 Å². The normalized spacial score (nSPS) is 24.4. The zero-order chi connectivity index (χ0) is 13.0. The Kier molecular flexibility index (Phi) is 4.82. The highest BCUT2D eigenvalue weighted by atomic mass is 14.9. The maximum absolute atomic E-state index is 3.56. The predicted octanol–water partition coefficient (Wildman–Crippen LogP) is 3.99. The van der Waals surface area contributed by atoms with E-state index in [1.807, 2.05) is 0 Å². The molecular formula is C17H27N. The van der Waals surface area contributed by atoms with Gasteiger partial charge in [0.2, 0.25) is 0 Å². The van der Waals surface area contributed by atoms with Crippen LogP contribution in [-0.2, 0) is 6.42 Å². The van der Waals surface area contributed by atoms with Crippen molar-refractivity contribution >= 4 is 0 Å². The van der Waals surface area contributed by atoms with Crippen molar-refractivity contribution in [1.29, 1.82) is 0 Å². The van der Waals surface area contributed by atoms with E-state index in [1.165, 1.54) is 31.5 Å². The van der Waals surface area contributed by atoms with E-state index < -0.39 is 0 Å². The molecule has 0 bridgehead atoms. The molecule has 0 aromatic heterocycles. The third-order valence-electron chi connectivity index (χ3n) is 4.20. The lowest BCUT2D eigenvalue weighted by molar-refractivity contribution is 0.280. The number of rotatable bonds is 4. The van der Waals surface area contributed by atoms with Gasteiger partial charge in [-0.05, 0) is 61.2 Å². The molecule has 1 heteroatoms. The molecule has 1 aromatic rings. The number of piperidine rings is 1. The quantitative estimate of drug-likeness (QED) is 0.846. The first-order valence-corrected chi connectivity index (χ1v) is 7.50. The van der Waals surface area contributed by atoms with Crippen LogP contribution in [0.5, 0.6) is 0 Å². The first kappa shape index (κ1) is 13.6. The molecule has 1 N–H and O–H groups in total. The van der Waals surface area contributed by atoms with Crippen LogP contribution in [-0.4, -0.2) is 13.1 Å². The minimum Gasteiger partial charge on any atom is -0.316 e. The number of benzene rings is 1. The van der Waals surface area contributed by atoms with Gasteiger partial charge in [0.25, 0.3) is 0 Å². The maximum atomic E-state index is 3.56. The van der Waals surface area contributed by atoms with Crippen molar-refractivity contribution in [1.82, 2.24) is 5.32 Å². The molecule has 2 rings (SSSR count). The summed E-state index contributed by atoms with van der Waals surface area (Å²) >= 11 is 0. The SMILES string of the molecule is CCc1ccc(C2CCNCC2CC(C)C)cc1. The van der Waals surface area contributed by atoms with Gasteiger partial charge in [0, 0.05) is 0 Å². The lowest BCUT2D eigenvalue weighted by Crippen LogP contribution is -2.36. The average molecular weight is 245 g/mol. The Balaban J connectivity index is 2.11. The monoisotopic (exact) mass is 245 g/mol. The average Bonchev–Trinajstić information content (AvgIpc) is 2.39. The molecule has 1 aliphatic heterocycles. The summed E-state index contributed by atoms with van der Waals surface area (Å²) in [5, 5.41) is 3.56. The van der Waals surface area contributed by atoms with Crippen LogP contribution in [0.2, 0.25) is 0 Å². The summed E-state index contributed by atoms with van der Waals surface area (Å²) in [6.45, 7) is 9.27. The predicted molar refractivity (Wildman–Crippen MR) is 79.0 cm³/mol. The summed E-state index contributed by atoms with van der Waals surface area (Å²) < 4.78 is 0. The Bertz CT molecular complexity index is 352. The summed E-state index contributed by atoms with van der Waals surface area (Å²) in [5.41, 5.74) is 3.01. The van der Waals surface area contributed by atoms with Gasteiger partial charge in [-0.3, -0.25) is 0 Å². The van der Waals surface area contributed by atoms with E-state index in [0.29, 0.717) is 0 Å². The summed E-state index contributed by atoms with van der Waals surface area (Å²) in [4.78, 5) is 0. The minimum atomic E-state index is 0.763. The summed E-state index contributed by atoms with van der Waals surface area (Å²) in [5.74, 6) is 2.37. The maximum Gasteiger partial charge on any atom is -0.00146 e. The van der Waals surface area contributed by atoms with Crippen molar-refractivity contribution < 1.29 is 0 Å². The van der Waals surface area contributed by atoms with Crippen LogP contribution in [0.15, 0.2) is 24.3 Å². The first-order valence-electron chi connectivity index (χ1n) is 7.50. The molecule has 2 unspecified atom stereocenters. The zero-order valence-corrected chi connectivity index (χ0v) is 12.1. The van der Waals surface area contributed by atoms with Gasteiger partial charge in [0.15, 0.2) is 0 Å². The van der Waals surface area contributed by atoms with Crippen molar-refractivity contribution in [3.63, 3.8) is 0 Å². The molecule has 18 heavy (non-hydrogen) atoms. The van der Waals surface area contributed by atoms with Crippen LogP contribution in [0.1, 0.15) is 50.7 Å². The third kappa shape index (κ3) is 3.35. The van der Waals surface area contributed by atoms with E-state index in [1.54, 1.807) is 5.56 Å². The Morgan fingerprint density at radius 3 is 2.56 bits per heavy atom. The summed E-state index contributed by atoms with van der Waals surface area (Å²) in [7, 11) is 0. The van der Waals surface area contributed by atoms with Gasteiger partial charge in [-0.2, -0.15) is 0 Å². The van der Waals surface area contributed by atoms with E-state index in [2.05, 4.69) is 50.4 Å². The van der Waals surface area contributed by atoms with E-state index in [9.17, 15) is 0 Å². The lowest BCUT2D eigenvalue weighted by Gasteiger charge is -2.33. The van der Waals surface area contributed by atoms with Crippen LogP contribution in [0, 0.1) is 11.8 Å². The second kappa shape index (κ2) is 6.38. The number of nitrogens with one attached hydrogen (secondary N) is 1. The molecule has 0 amide bonds. The Labute approximate surface area is 112 Å². The van der Waals surface area contributed by atoms with Crippen LogP contribution >= 0.6 is 0 Å². The van der Waals surface area contributed by atoms with Crippen LogP contribution in [0.3, 0.4) is 0 Å². The molecule has 0 saturated carbocycles. The van der Waals surface area contributed by atoms with Gasteiger partial charge in [-0.1, -0.05) is 45.0 Å². The van der Waals surface area contributed by atoms with Gasteiger partial charge < -0.3 is 5.32 Å². The second-order valence-corrected chi connectivity index (χ2v) is 6.08. The lowest BCUT2D eigenvalue weighted by atomic mass is 9.77. The zero-order valence-electron chi connectivity index (χ0n) is 12.1. The van der Waals surface area contributed by atoms with Crippen molar-refractivity contribution in [2.45, 2.75) is 46.0 Å². The molecular weight excluding hydrogens is 218 g/mol. The molecule has 1 fully saturated rings. The number of aryl methyl sites for hydroxylation is 1. The van der Waals surface area contributed by atoms with Gasteiger partial charge in [-0.25, -0.2) is 0 Å². The Morgan fingerprint density at radius 1 is 1.22 bits per heavy atom. The number of hydrogen-bond acceptors (Lipinski definition) is 1. The number of hydrogen-bond donors (Lipinski definition) is 1. The molecule has 0 radical (unpaired) electrons. The molecule has 0 aliphatic carbocycles. The highest BCUT2D eigenvalue weighted by Crippen LogP contribution is 2.34. The van der Waals surface area contributed by atoms with E-state index in [-0.39, 0.29) is 0 Å². The standard InChI is InChI=1S/C17H27N/c1-4-14-5-7-15(8-6-14)17-9-10-18-12-16(17)11-13(2)3/h5-8,13,16-18H,4,9-12H2,1-3H3.